The van der Waals surface area contributed by atoms with Crippen LogP contribution in [0.1, 0.15) is 25.0 Å². The number of nitrogens with one attached hydrogen (secondary N) is 1. The van der Waals surface area contributed by atoms with E-state index in [-0.39, 0.29) is 11.3 Å². The molecule has 1 unspecified atom stereocenters. The standard InChI is InChI=1S/C22H27BrN2O2/c1-22(2,18-8-10-19(23)11-9-18)16-24-21(26)20-15-25(12-13-27-20)14-17-6-4-3-5-7-17/h3-11,20H,12-16H2,1-2H3,(H,24,26). The molecule has 0 aliphatic carbocycles. The van der Waals surface area contributed by atoms with Crippen LogP contribution in [0.2, 0.25) is 0 Å². The quantitative estimate of drug-likeness (QED) is 0.758. The van der Waals surface area contributed by atoms with Crippen LogP contribution in [-0.4, -0.2) is 43.2 Å². The molecule has 5 heteroatoms. The van der Waals surface area contributed by atoms with Gasteiger partial charge in [0, 0.05) is 36.1 Å². The van der Waals surface area contributed by atoms with E-state index in [1.54, 1.807) is 0 Å². The number of benzene rings is 2. The Morgan fingerprint density at radius 3 is 2.59 bits per heavy atom. The van der Waals surface area contributed by atoms with Crippen molar-refractivity contribution in [2.45, 2.75) is 31.9 Å². The molecule has 1 amide bonds. The first-order chi connectivity index (χ1) is 12.9. The zero-order chi connectivity index (χ0) is 19.3. The highest BCUT2D eigenvalue weighted by atomic mass is 79.9. The molecule has 1 N–H and O–H groups in total. The summed E-state index contributed by atoms with van der Waals surface area (Å²) in [5, 5.41) is 3.09. The predicted octanol–water partition coefficient (Wildman–Crippen LogP) is 3.74. The summed E-state index contributed by atoms with van der Waals surface area (Å²) in [6.45, 7) is 7.76. The van der Waals surface area contributed by atoms with Crippen molar-refractivity contribution in [1.29, 1.82) is 0 Å². The summed E-state index contributed by atoms with van der Waals surface area (Å²) < 4.78 is 6.79. The van der Waals surface area contributed by atoms with E-state index in [0.29, 0.717) is 19.7 Å². The number of hydrogen-bond acceptors (Lipinski definition) is 3. The minimum atomic E-state index is -0.414. The molecular weight excluding hydrogens is 404 g/mol. The fourth-order valence-electron chi connectivity index (χ4n) is 3.27. The van der Waals surface area contributed by atoms with E-state index in [0.717, 1.165) is 17.6 Å². The maximum atomic E-state index is 12.7. The van der Waals surface area contributed by atoms with Gasteiger partial charge in [-0.3, -0.25) is 9.69 Å². The van der Waals surface area contributed by atoms with Gasteiger partial charge < -0.3 is 10.1 Å². The van der Waals surface area contributed by atoms with Crippen LogP contribution in [0.5, 0.6) is 0 Å². The molecule has 0 spiro atoms. The topological polar surface area (TPSA) is 41.6 Å². The van der Waals surface area contributed by atoms with Crippen molar-refractivity contribution in [2.24, 2.45) is 0 Å². The summed E-state index contributed by atoms with van der Waals surface area (Å²) >= 11 is 3.46. The van der Waals surface area contributed by atoms with E-state index >= 15 is 0 Å². The first-order valence-electron chi connectivity index (χ1n) is 9.36. The van der Waals surface area contributed by atoms with Crippen LogP contribution in [0.15, 0.2) is 59.1 Å². The van der Waals surface area contributed by atoms with Crippen LogP contribution in [0.4, 0.5) is 0 Å². The first-order valence-corrected chi connectivity index (χ1v) is 10.1. The third kappa shape index (κ3) is 5.64. The minimum Gasteiger partial charge on any atom is -0.366 e. The van der Waals surface area contributed by atoms with Gasteiger partial charge in [-0.05, 0) is 23.3 Å². The van der Waals surface area contributed by atoms with Crippen LogP contribution < -0.4 is 5.32 Å². The maximum absolute atomic E-state index is 12.7. The maximum Gasteiger partial charge on any atom is 0.250 e. The van der Waals surface area contributed by atoms with Gasteiger partial charge in [0.25, 0.3) is 5.91 Å². The lowest BCUT2D eigenvalue weighted by Crippen LogP contribution is -2.51. The lowest BCUT2D eigenvalue weighted by Gasteiger charge is -2.33. The van der Waals surface area contributed by atoms with Crippen LogP contribution in [-0.2, 0) is 21.5 Å². The zero-order valence-corrected chi connectivity index (χ0v) is 17.5. The second kappa shape index (κ2) is 9.00. The molecule has 1 atom stereocenters. The number of amides is 1. The monoisotopic (exact) mass is 430 g/mol. The summed E-state index contributed by atoms with van der Waals surface area (Å²) in [4.78, 5) is 14.9. The first kappa shape index (κ1) is 20.1. The fourth-order valence-corrected chi connectivity index (χ4v) is 3.54. The van der Waals surface area contributed by atoms with Crippen molar-refractivity contribution in [3.63, 3.8) is 0 Å². The summed E-state index contributed by atoms with van der Waals surface area (Å²) in [5.41, 5.74) is 2.31. The highest BCUT2D eigenvalue weighted by Crippen LogP contribution is 2.24. The zero-order valence-electron chi connectivity index (χ0n) is 16.0. The van der Waals surface area contributed by atoms with Crippen molar-refractivity contribution in [3.05, 3.63) is 70.2 Å². The van der Waals surface area contributed by atoms with E-state index in [1.165, 1.54) is 11.1 Å². The Labute approximate surface area is 170 Å². The Balaban J connectivity index is 1.53. The molecule has 0 saturated carbocycles. The van der Waals surface area contributed by atoms with E-state index in [4.69, 9.17) is 4.74 Å². The molecule has 1 aliphatic rings. The summed E-state index contributed by atoms with van der Waals surface area (Å²) in [5.74, 6) is -0.0297. The Morgan fingerprint density at radius 1 is 1.19 bits per heavy atom. The molecule has 1 saturated heterocycles. The van der Waals surface area contributed by atoms with Gasteiger partial charge in [0.2, 0.25) is 0 Å². The molecule has 2 aromatic carbocycles. The molecule has 1 fully saturated rings. The molecule has 2 aromatic rings. The number of rotatable bonds is 6. The highest BCUT2D eigenvalue weighted by Gasteiger charge is 2.28. The average Bonchev–Trinajstić information content (AvgIpc) is 2.67. The smallest absolute Gasteiger partial charge is 0.250 e. The Morgan fingerprint density at radius 2 is 1.89 bits per heavy atom. The van der Waals surface area contributed by atoms with Crippen molar-refractivity contribution in [2.75, 3.05) is 26.2 Å². The average molecular weight is 431 g/mol. The van der Waals surface area contributed by atoms with Crippen molar-refractivity contribution in [1.82, 2.24) is 10.2 Å². The molecule has 1 heterocycles. The van der Waals surface area contributed by atoms with Gasteiger partial charge in [0.05, 0.1) is 6.61 Å². The third-order valence-electron chi connectivity index (χ3n) is 5.02. The number of hydrogen-bond donors (Lipinski definition) is 1. The lowest BCUT2D eigenvalue weighted by molar-refractivity contribution is -0.139. The van der Waals surface area contributed by atoms with Crippen LogP contribution >= 0.6 is 15.9 Å². The molecule has 1 aliphatic heterocycles. The SMILES string of the molecule is CC(C)(CNC(=O)C1CN(Cc2ccccc2)CCO1)c1ccc(Br)cc1. The largest absolute Gasteiger partial charge is 0.366 e. The number of carbonyl (C=O) groups excluding carboxylic acids is 1. The van der Waals surface area contributed by atoms with Gasteiger partial charge in [-0.2, -0.15) is 0 Å². The summed E-state index contributed by atoms with van der Waals surface area (Å²) in [6, 6.07) is 18.6. The molecule has 144 valence electrons. The van der Waals surface area contributed by atoms with Crippen molar-refractivity contribution in [3.8, 4) is 0 Å². The van der Waals surface area contributed by atoms with Gasteiger partial charge in [-0.15, -0.1) is 0 Å². The molecular formula is C22H27BrN2O2. The van der Waals surface area contributed by atoms with Crippen LogP contribution in [0, 0.1) is 0 Å². The molecule has 0 aromatic heterocycles. The van der Waals surface area contributed by atoms with Crippen molar-refractivity contribution < 1.29 is 9.53 Å². The molecule has 4 nitrogen and oxygen atoms in total. The molecule has 3 rings (SSSR count). The number of halogens is 1. The second-order valence-corrected chi connectivity index (χ2v) is 8.60. The lowest BCUT2D eigenvalue weighted by atomic mass is 9.84. The predicted molar refractivity (Wildman–Crippen MR) is 112 cm³/mol. The number of morpholine rings is 1. The summed E-state index contributed by atoms with van der Waals surface area (Å²) in [6.07, 6.45) is -0.414. The molecule has 0 radical (unpaired) electrons. The van der Waals surface area contributed by atoms with Crippen molar-refractivity contribution >= 4 is 21.8 Å². The van der Waals surface area contributed by atoms with Crippen LogP contribution in [0.3, 0.4) is 0 Å². The number of carbonyl (C=O) groups is 1. The van der Waals surface area contributed by atoms with E-state index in [9.17, 15) is 4.79 Å². The van der Waals surface area contributed by atoms with Gasteiger partial charge in [0.1, 0.15) is 6.10 Å². The van der Waals surface area contributed by atoms with E-state index in [1.807, 2.05) is 30.3 Å². The second-order valence-electron chi connectivity index (χ2n) is 7.69. The van der Waals surface area contributed by atoms with E-state index in [2.05, 4.69) is 64.3 Å². The molecule has 27 heavy (non-hydrogen) atoms. The molecule has 0 bridgehead atoms. The minimum absolute atomic E-state index is 0.0297. The van der Waals surface area contributed by atoms with E-state index < -0.39 is 6.10 Å². The third-order valence-corrected chi connectivity index (χ3v) is 5.55. The summed E-state index contributed by atoms with van der Waals surface area (Å²) in [7, 11) is 0. The van der Waals surface area contributed by atoms with Gasteiger partial charge in [-0.1, -0.05) is 72.2 Å². The van der Waals surface area contributed by atoms with Gasteiger partial charge in [-0.25, -0.2) is 0 Å². The number of ether oxygens (including phenoxy) is 1. The number of nitrogens with zero attached hydrogens (tertiary/aromatic N) is 1. The Bertz CT molecular complexity index is 747. The Hall–Kier alpha value is -1.69. The van der Waals surface area contributed by atoms with Gasteiger partial charge in [0.15, 0.2) is 0 Å². The van der Waals surface area contributed by atoms with Gasteiger partial charge >= 0.3 is 0 Å². The fraction of sp³-hybridized carbons (Fsp3) is 0.409. The Kier molecular flexibility index (Phi) is 6.68. The highest BCUT2D eigenvalue weighted by molar-refractivity contribution is 9.10. The normalized spacial score (nSPS) is 18.3. The van der Waals surface area contributed by atoms with Crippen LogP contribution in [0.25, 0.3) is 0 Å².